The van der Waals surface area contributed by atoms with E-state index in [1.807, 2.05) is 0 Å². The first kappa shape index (κ1) is 19.4. The fourth-order valence-electron chi connectivity index (χ4n) is 3.37. The summed E-state index contributed by atoms with van der Waals surface area (Å²) in [6.07, 6.45) is 0.841. The van der Waals surface area contributed by atoms with Crippen molar-refractivity contribution in [1.29, 1.82) is 0 Å². The molecule has 1 unspecified atom stereocenters. The highest BCUT2D eigenvalue weighted by atomic mass is 32.2. The normalized spacial score (nSPS) is 24.2. The van der Waals surface area contributed by atoms with Gasteiger partial charge in [-0.05, 0) is 37.5 Å². The summed E-state index contributed by atoms with van der Waals surface area (Å²) in [7, 11) is -3.46. The van der Waals surface area contributed by atoms with Crippen LogP contribution in [0.5, 0.6) is 0 Å². The lowest BCUT2D eigenvalue weighted by molar-refractivity contribution is -0.147. The molecule has 0 aromatic heterocycles. The molecule has 8 nitrogen and oxygen atoms in total. The highest BCUT2D eigenvalue weighted by Gasteiger charge is 2.42. The summed E-state index contributed by atoms with van der Waals surface area (Å²) in [6, 6.07) is 3.76. The molecule has 2 heterocycles. The predicted molar refractivity (Wildman–Crippen MR) is 96.3 cm³/mol. The number of halogens is 1. The second kappa shape index (κ2) is 6.99. The number of anilines is 1. The van der Waals surface area contributed by atoms with Gasteiger partial charge in [0.1, 0.15) is 5.82 Å². The second-order valence-corrected chi connectivity index (χ2v) is 9.24. The molecule has 148 valence electrons. The van der Waals surface area contributed by atoms with Crippen molar-refractivity contribution in [3.05, 3.63) is 29.6 Å². The van der Waals surface area contributed by atoms with Gasteiger partial charge in [0.25, 0.3) is 0 Å². The summed E-state index contributed by atoms with van der Waals surface area (Å²) in [4.78, 5) is 24.9. The van der Waals surface area contributed by atoms with Crippen molar-refractivity contribution in [2.24, 2.45) is 5.41 Å². The SMILES string of the molecule is CC1(C(=O)O)CCN(C(=O)NCc2ccc(N3CCCS3(=O)=O)c(F)c2)C1. The number of aliphatic carboxylic acids is 1. The van der Waals surface area contributed by atoms with E-state index in [4.69, 9.17) is 0 Å². The molecule has 2 N–H and O–H groups in total. The number of carbonyl (C=O) groups is 2. The molecule has 0 aliphatic carbocycles. The van der Waals surface area contributed by atoms with E-state index in [-0.39, 0.29) is 31.1 Å². The van der Waals surface area contributed by atoms with Gasteiger partial charge in [-0.2, -0.15) is 0 Å². The third-order valence-electron chi connectivity index (χ3n) is 5.10. The molecule has 10 heteroatoms. The fraction of sp³-hybridized carbons (Fsp3) is 0.529. The van der Waals surface area contributed by atoms with Gasteiger partial charge in [-0.15, -0.1) is 0 Å². The molecular weight excluding hydrogens is 377 g/mol. The average molecular weight is 399 g/mol. The average Bonchev–Trinajstić information content (AvgIpc) is 3.16. The van der Waals surface area contributed by atoms with Crippen LogP contribution in [0.2, 0.25) is 0 Å². The monoisotopic (exact) mass is 399 g/mol. The summed E-state index contributed by atoms with van der Waals surface area (Å²) >= 11 is 0. The number of urea groups is 1. The van der Waals surface area contributed by atoms with Crippen LogP contribution in [0.3, 0.4) is 0 Å². The van der Waals surface area contributed by atoms with Gasteiger partial charge in [0.15, 0.2) is 0 Å². The van der Waals surface area contributed by atoms with E-state index in [0.29, 0.717) is 24.9 Å². The van der Waals surface area contributed by atoms with Crippen LogP contribution in [0, 0.1) is 11.2 Å². The van der Waals surface area contributed by atoms with Crippen molar-refractivity contribution in [2.45, 2.75) is 26.3 Å². The maximum atomic E-state index is 14.4. The molecule has 1 aromatic carbocycles. The second-order valence-electron chi connectivity index (χ2n) is 7.22. The van der Waals surface area contributed by atoms with E-state index in [1.165, 1.54) is 17.0 Å². The Hall–Kier alpha value is -2.36. The van der Waals surface area contributed by atoms with E-state index in [2.05, 4.69) is 5.32 Å². The molecule has 0 saturated carbocycles. The maximum Gasteiger partial charge on any atom is 0.317 e. The lowest BCUT2D eigenvalue weighted by Crippen LogP contribution is -2.40. The Balaban J connectivity index is 1.61. The quantitative estimate of drug-likeness (QED) is 0.795. The lowest BCUT2D eigenvalue weighted by atomic mass is 9.90. The number of hydrogen-bond donors (Lipinski definition) is 2. The van der Waals surface area contributed by atoms with Crippen LogP contribution in [0.4, 0.5) is 14.9 Å². The minimum Gasteiger partial charge on any atom is -0.481 e. The number of nitrogens with one attached hydrogen (secondary N) is 1. The Morgan fingerprint density at radius 3 is 2.63 bits per heavy atom. The van der Waals surface area contributed by atoms with E-state index in [9.17, 15) is 27.5 Å². The molecule has 2 aliphatic heterocycles. The van der Waals surface area contributed by atoms with Gasteiger partial charge in [0, 0.05) is 26.2 Å². The van der Waals surface area contributed by atoms with E-state index in [0.717, 1.165) is 4.31 Å². The molecule has 1 atom stereocenters. The molecule has 2 amide bonds. The molecule has 0 bridgehead atoms. The van der Waals surface area contributed by atoms with Crippen LogP contribution in [0.1, 0.15) is 25.3 Å². The molecule has 27 heavy (non-hydrogen) atoms. The highest BCUT2D eigenvalue weighted by Crippen LogP contribution is 2.30. The summed E-state index contributed by atoms with van der Waals surface area (Å²) < 4.78 is 39.3. The van der Waals surface area contributed by atoms with Crippen molar-refractivity contribution in [3.63, 3.8) is 0 Å². The van der Waals surface area contributed by atoms with Crippen molar-refractivity contribution in [1.82, 2.24) is 10.2 Å². The molecular formula is C17H22FN3O5S. The maximum absolute atomic E-state index is 14.4. The zero-order valence-corrected chi connectivity index (χ0v) is 15.8. The molecule has 0 radical (unpaired) electrons. The number of carbonyl (C=O) groups excluding carboxylic acids is 1. The number of nitrogens with zero attached hydrogens (tertiary/aromatic N) is 2. The van der Waals surface area contributed by atoms with Gasteiger partial charge < -0.3 is 15.3 Å². The van der Waals surface area contributed by atoms with Crippen LogP contribution < -0.4 is 9.62 Å². The number of carboxylic acids is 1. The smallest absolute Gasteiger partial charge is 0.317 e. The highest BCUT2D eigenvalue weighted by molar-refractivity contribution is 7.93. The van der Waals surface area contributed by atoms with Gasteiger partial charge in [0.05, 0.1) is 16.9 Å². The topological polar surface area (TPSA) is 107 Å². The van der Waals surface area contributed by atoms with E-state index < -0.39 is 33.3 Å². The van der Waals surface area contributed by atoms with Crippen molar-refractivity contribution < 1.29 is 27.5 Å². The Morgan fingerprint density at radius 2 is 2.07 bits per heavy atom. The molecule has 0 spiro atoms. The Bertz CT molecular complexity index is 875. The standard InChI is InChI=1S/C17H22FN3O5S/c1-17(15(22)23)5-7-20(11-17)16(24)19-10-12-3-4-14(13(18)9-12)21-6-2-8-27(21,25)26/h3-4,9H,2,5-8,10-11H2,1H3,(H,19,24)(H,22,23). The van der Waals surface area contributed by atoms with Gasteiger partial charge >= 0.3 is 12.0 Å². The number of amides is 2. The Labute approximate surface area is 157 Å². The lowest BCUT2D eigenvalue weighted by Gasteiger charge is -2.21. The molecule has 2 aliphatic rings. The summed E-state index contributed by atoms with van der Waals surface area (Å²) in [5, 5.41) is 11.9. The number of hydrogen-bond acceptors (Lipinski definition) is 4. The van der Waals surface area contributed by atoms with Crippen molar-refractivity contribution in [3.8, 4) is 0 Å². The fourth-order valence-corrected chi connectivity index (χ4v) is 4.94. The molecule has 2 saturated heterocycles. The van der Waals surface area contributed by atoms with Crippen LogP contribution in [-0.2, 0) is 21.4 Å². The van der Waals surface area contributed by atoms with Gasteiger partial charge in [-0.1, -0.05) is 6.07 Å². The zero-order chi connectivity index (χ0) is 19.8. The Morgan fingerprint density at radius 1 is 1.33 bits per heavy atom. The third kappa shape index (κ3) is 3.85. The third-order valence-corrected chi connectivity index (χ3v) is 6.96. The van der Waals surface area contributed by atoms with Crippen LogP contribution >= 0.6 is 0 Å². The number of sulfonamides is 1. The molecule has 3 rings (SSSR count). The van der Waals surface area contributed by atoms with Crippen molar-refractivity contribution in [2.75, 3.05) is 29.7 Å². The number of carboxylic acid groups (broad SMARTS) is 1. The number of rotatable bonds is 4. The van der Waals surface area contributed by atoms with E-state index in [1.54, 1.807) is 13.0 Å². The Kier molecular flexibility index (Phi) is 5.02. The van der Waals surface area contributed by atoms with Gasteiger partial charge in [-0.25, -0.2) is 17.6 Å². The minimum atomic E-state index is -3.46. The van der Waals surface area contributed by atoms with Crippen molar-refractivity contribution >= 4 is 27.7 Å². The van der Waals surface area contributed by atoms with Crippen LogP contribution in [0.15, 0.2) is 18.2 Å². The van der Waals surface area contributed by atoms with Crippen LogP contribution in [0.25, 0.3) is 0 Å². The van der Waals surface area contributed by atoms with E-state index >= 15 is 0 Å². The zero-order valence-electron chi connectivity index (χ0n) is 14.9. The number of likely N-dealkylation sites (tertiary alicyclic amines) is 1. The van der Waals surface area contributed by atoms with Crippen LogP contribution in [-0.4, -0.2) is 55.8 Å². The summed E-state index contributed by atoms with van der Waals surface area (Å²) in [5.74, 6) is -1.59. The first-order chi connectivity index (χ1) is 12.6. The first-order valence-electron chi connectivity index (χ1n) is 8.67. The predicted octanol–water partition coefficient (Wildman–Crippen LogP) is 1.37. The summed E-state index contributed by atoms with van der Waals surface area (Å²) in [6.45, 7) is 2.38. The number of benzene rings is 1. The molecule has 1 aromatic rings. The van der Waals surface area contributed by atoms with Gasteiger partial charge in [0.2, 0.25) is 10.0 Å². The minimum absolute atomic E-state index is 0.00927. The largest absolute Gasteiger partial charge is 0.481 e. The van der Waals surface area contributed by atoms with Gasteiger partial charge in [-0.3, -0.25) is 9.10 Å². The summed E-state index contributed by atoms with van der Waals surface area (Å²) in [5.41, 5.74) is -0.451. The first-order valence-corrected chi connectivity index (χ1v) is 10.3. The molecule has 2 fully saturated rings.